The first kappa shape index (κ1) is 23.2. The molecule has 24 heavy (non-hydrogen) atoms. The molecule has 0 fully saturated rings. The van der Waals surface area contributed by atoms with Gasteiger partial charge in [0.05, 0.1) is 0 Å². The molecule has 10 nitrogen and oxygen atoms in total. The maximum Gasteiger partial charge on any atom is 0.321 e. The van der Waals surface area contributed by atoms with Crippen molar-refractivity contribution in [3.63, 3.8) is 0 Å². The molecular formula is C10H16N2O8S4. The predicted molar refractivity (Wildman–Crippen MR) is 94.2 cm³/mol. The van der Waals surface area contributed by atoms with E-state index in [9.17, 15) is 29.4 Å². The van der Waals surface area contributed by atoms with Crippen LogP contribution in [0.4, 0.5) is 0 Å². The molecule has 0 aromatic carbocycles. The predicted octanol–water partition coefficient (Wildman–Crippen LogP) is -0.521. The molecule has 0 saturated heterocycles. The summed E-state index contributed by atoms with van der Waals surface area (Å²) >= 11 is 0. The minimum absolute atomic E-state index is 0.0994. The Morgan fingerprint density at radius 2 is 0.958 bits per heavy atom. The van der Waals surface area contributed by atoms with E-state index in [-0.39, 0.29) is 11.5 Å². The van der Waals surface area contributed by atoms with Gasteiger partial charge in [-0.3, -0.25) is 19.2 Å². The van der Waals surface area contributed by atoms with Crippen LogP contribution in [0, 0.1) is 0 Å². The van der Waals surface area contributed by atoms with Crippen molar-refractivity contribution in [2.24, 2.45) is 11.5 Å². The van der Waals surface area contributed by atoms with Crippen LogP contribution < -0.4 is 11.5 Å². The van der Waals surface area contributed by atoms with E-state index in [2.05, 4.69) is 0 Å². The van der Waals surface area contributed by atoms with Crippen LogP contribution in [0.5, 0.6) is 0 Å². The number of aliphatic carboxylic acids is 4. The van der Waals surface area contributed by atoms with E-state index in [4.69, 9.17) is 21.7 Å². The van der Waals surface area contributed by atoms with Crippen molar-refractivity contribution >= 4 is 67.1 Å². The summed E-state index contributed by atoms with van der Waals surface area (Å²) in [6, 6.07) is -2.40. The van der Waals surface area contributed by atoms with E-state index in [1.807, 2.05) is 0 Å². The summed E-state index contributed by atoms with van der Waals surface area (Å²) in [6.45, 7) is 0. The highest BCUT2D eigenvalue weighted by atomic mass is 33.1. The molecule has 0 aromatic heterocycles. The molecule has 0 aliphatic heterocycles. The molecule has 0 rings (SSSR count). The summed E-state index contributed by atoms with van der Waals surface area (Å²) < 4.78 is 0. The minimum Gasteiger partial charge on any atom is -0.480 e. The Labute approximate surface area is 152 Å². The van der Waals surface area contributed by atoms with Gasteiger partial charge in [-0.15, -0.1) is 0 Å². The summed E-state index contributed by atoms with van der Waals surface area (Å²) in [5, 5.41) is 32.9. The summed E-state index contributed by atoms with van der Waals surface area (Å²) in [5.74, 6) is -5.48. The minimum atomic E-state index is -1.39. The van der Waals surface area contributed by atoms with Crippen LogP contribution in [0.25, 0.3) is 0 Å². The van der Waals surface area contributed by atoms with E-state index < -0.39 is 46.5 Å². The number of hydrogen-bond donors (Lipinski definition) is 6. The summed E-state index contributed by atoms with van der Waals surface area (Å²) in [5.41, 5.74) is 10.6. The number of nitrogens with two attached hydrogens (primary N) is 2. The van der Waals surface area contributed by atoms with Gasteiger partial charge in [-0.2, -0.15) is 0 Å². The number of carboxylic acids is 4. The van der Waals surface area contributed by atoms with Gasteiger partial charge in [-0.25, -0.2) is 0 Å². The average Bonchev–Trinajstić information content (AvgIpc) is 2.47. The summed E-state index contributed by atoms with van der Waals surface area (Å²) in [6.07, 6.45) is 0. The standard InChI is InChI=1S/C10H16N2O8S4/c11-3(7(13)14)1-21-23-5(9(17)18)6(10(19)20)24-22-2-4(12)8(15)16/h3-6H,1-2,11-12H2,(H,13,14)(H,15,16)(H,17,18)(H,19,20)/t3-,4-,5-,6-/m0/s1. The fourth-order valence-corrected chi connectivity index (χ4v) is 6.73. The first-order valence-electron chi connectivity index (χ1n) is 6.06. The van der Waals surface area contributed by atoms with Gasteiger partial charge in [0.25, 0.3) is 0 Å². The molecule has 0 aromatic rings. The van der Waals surface area contributed by atoms with Gasteiger partial charge >= 0.3 is 23.9 Å². The molecule has 0 spiro atoms. The topological polar surface area (TPSA) is 201 Å². The largest absolute Gasteiger partial charge is 0.480 e. The second-order valence-corrected chi connectivity index (χ2v) is 9.28. The fourth-order valence-electron chi connectivity index (χ4n) is 0.957. The van der Waals surface area contributed by atoms with Gasteiger partial charge in [0.2, 0.25) is 0 Å². The van der Waals surface area contributed by atoms with Crippen LogP contribution in [-0.2, 0) is 19.2 Å². The lowest BCUT2D eigenvalue weighted by Crippen LogP contribution is -2.36. The van der Waals surface area contributed by atoms with Gasteiger partial charge in [0, 0.05) is 11.5 Å². The van der Waals surface area contributed by atoms with E-state index in [1.54, 1.807) is 0 Å². The van der Waals surface area contributed by atoms with Crippen LogP contribution in [0.15, 0.2) is 0 Å². The quantitative estimate of drug-likeness (QED) is 0.208. The molecule has 0 amide bonds. The summed E-state index contributed by atoms with van der Waals surface area (Å²) in [4.78, 5) is 43.7. The smallest absolute Gasteiger partial charge is 0.321 e. The first-order valence-corrected chi connectivity index (χ1v) is 10.8. The molecule has 0 saturated carbocycles. The normalized spacial score (nSPS) is 15.9. The zero-order valence-electron chi connectivity index (χ0n) is 11.9. The van der Waals surface area contributed by atoms with Crippen LogP contribution in [0.3, 0.4) is 0 Å². The molecule has 8 N–H and O–H groups in total. The van der Waals surface area contributed by atoms with E-state index in [0.29, 0.717) is 21.6 Å². The number of rotatable bonds is 13. The Morgan fingerprint density at radius 3 is 1.17 bits per heavy atom. The molecule has 4 atom stereocenters. The Morgan fingerprint density at radius 1 is 0.667 bits per heavy atom. The molecule has 0 unspecified atom stereocenters. The SMILES string of the molecule is N[C@@H](CSS[C@H](C(=O)O)[C@H](SSC[C@H](N)C(=O)O)C(=O)O)C(=O)O. The van der Waals surface area contributed by atoms with E-state index in [1.165, 1.54) is 0 Å². The molecule has 138 valence electrons. The van der Waals surface area contributed by atoms with Crippen LogP contribution >= 0.6 is 43.2 Å². The van der Waals surface area contributed by atoms with Crippen LogP contribution in [-0.4, -0.2) is 78.4 Å². The van der Waals surface area contributed by atoms with Gasteiger partial charge in [0.15, 0.2) is 0 Å². The molecule has 0 bridgehead atoms. The molecule has 0 aliphatic rings. The maximum absolute atomic E-state index is 11.3. The first-order chi connectivity index (χ1) is 11.1. The monoisotopic (exact) mass is 420 g/mol. The third-order valence-corrected chi connectivity index (χ3v) is 7.91. The average molecular weight is 421 g/mol. The lowest BCUT2D eigenvalue weighted by molar-refractivity contribution is -0.142. The Balaban J connectivity index is 4.68. The zero-order valence-corrected chi connectivity index (χ0v) is 15.2. The second-order valence-electron chi connectivity index (χ2n) is 4.17. The van der Waals surface area contributed by atoms with Gasteiger partial charge in [0.1, 0.15) is 22.6 Å². The molecule has 0 radical (unpaired) electrons. The molecule has 0 aliphatic carbocycles. The van der Waals surface area contributed by atoms with Crippen molar-refractivity contribution < 1.29 is 39.6 Å². The second kappa shape index (κ2) is 11.7. The fraction of sp³-hybridized carbons (Fsp3) is 0.600. The van der Waals surface area contributed by atoms with Gasteiger partial charge in [-0.05, 0) is 0 Å². The zero-order chi connectivity index (χ0) is 18.9. The van der Waals surface area contributed by atoms with Crippen molar-refractivity contribution in [2.45, 2.75) is 22.6 Å². The highest BCUT2D eigenvalue weighted by molar-refractivity contribution is 8.79. The highest BCUT2D eigenvalue weighted by Gasteiger charge is 2.36. The Kier molecular flexibility index (Phi) is 11.3. The van der Waals surface area contributed by atoms with E-state index in [0.717, 1.165) is 21.6 Å². The van der Waals surface area contributed by atoms with Crippen molar-refractivity contribution in [3.8, 4) is 0 Å². The number of carboxylic acid groups (broad SMARTS) is 4. The van der Waals surface area contributed by atoms with Crippen molar-refractivity contribution in [3.05, 3.63) is 0 Å². The van der Waals surface area contributed by atoms with Gasteiger partial charge < -0.3 is 31.9 Å². The van der Waals surface area contributed by atoms with Crippen LogP contribution in [0.2, 0.25) is 0 Å². The lowest BCUT2D eigenvalue weighted by atomic mass is 10.3. The number of carbonyl (C=O) groups is 4. The van der Waals surface area contributed by atoms with Crippen LogP contribution in [0.1, 0.15) is 0 Å². The van der Waals surface area contributed by atoms with Crippen molar-refractivity contribution in [2.75, 3.05) is 11.5 Å². The van der Waals surface area contributed by atoms with Crippen molar-refractivity contribution in [1.82, 2.24) is 0 Å². The maximum atomic E-state index is 11.3. The third kappa shape index (κ3) is 8.89. The highest BCUT2D eigenvalue weighted by Crippen LogP contribution is 2.38. The third-order valence-electron chi connectivity index (χ3n) is 2.23. The number of hydrogen-bond acceptors (Lipinski definition) is 10. The molecule has 14 heteroatoms. The lowest BCUT2D eigenvalue weighted by Gasteiger charge is -2.19. The molecule has 0 heterocycles. The van der Waals surface area contributed by atoms with E-state index >= 15 is 0 Å². The molecular weight excluding hydrogens is 404 g/mol. The van der Waals surface area contributed by atoms with Crippen molar-refractivity contribution in [1.29, 1.82) is 0 Å². The Hall–Kier alpha value is -0.800. The summed E-state index contributed by atoms with van der Waals surface area (Å²) in [7, 11) is 3.06. The van der Waals surface area contributed by atoms with Gasteiger partial charge in [-0.1, -0.05) is 43.2 Å². The Bertz CT molecular complexity index is 438.